The van der Waals surface area contributed by atoms with Crippen LogP contribution in [-0.2, 0) is 9.53 Å². The third-order valence-electron chi connectivity index (χ3n) is 3.42. The van der Waals surface area contributed by atoms with Crippen LogP contribution >= 0.6 is 0 Å². The van der Waals surface area contributed by atoms with Gasteiger partial charge in [-0.1, -0.05) is 18.2 Å². The molecule has 1 aromatic carbocycles. The normalized spacial score (nSPS) is 12.5. The van der Waals surface area contributed by atoms with E-state index in [0.717, 1.165) is 22.3 Å². The van der Waals surface area contributed by atoms with Crippen molar-refractivity contribution in [3.8, 4) is 0 Å². The molecular formula is C16H22N2O3. The van der Waals surface area contributed by atoms with E-state index in [1.165, 1.54) is 0 Å². The molecule has 1 atom stereocenters. The lowest BCUT2D eigenvalue weighted by Crippen LogP contribution is -2.36. The van der Waals surface area contributed by atoms with Crippen LogP contribution in [0.5, 0.6) is 0 Å². The zero-order chi connectivity index (χ0) is 15.2. The maximum Gasteiger partial charge on any atom is 0.234 e. The summed E-state index contributed by atoms with van der Waals surface area (Å²) in [6.07, 6.45) is 0. The van der Waals surface area contributed by atoms with Gasteiger partial charge in [-0.05, 0) is 19.9 Å². The Morgan fingerprint density at radius 3 is 2.86 bits per heavy atom. The van der Waals surface area contributed by atoms with Crippen molar-refractivity contribution in [2.75, 3.05) is 26.8 Å². The Labute approximate surface area is 124 Å². The van der Waals surface area contributed by atoms with Gasteiger partial charge in [-0.2, -0.15) is 0 Å². The number of benzene rings is 1. The van der Waals surface area contributed by atoms with Crippen molar-refractivity contribution in [3.63, 3.8) is 0 Å². The van der Waals surface area contributed by atoms with E-state index >= 15 is 0 Å². The molecule has 0 aliphatic heterocycles. The van der Waals surface area contributed by atoms with Crippen molar-refractivity contribution in [2.45, 2.75) is 19.9 Å². The number of carbonyl (C=O) groups is 1. The molecule has 0 fully saturated rings. The highest BCUT2D eigenvalue weighted by Gasteiger charge is 2.17. The molecule has 0 saturated carbocycles. The lowest BCUT2D eigenvalue weighted by Gasteiger charge is -2.13. The van der Waals surface area contributed by atoms with E-state index in [1.807, 2.05) is 38.1 Å². The molecule has 1 aromatic heterocycles. The summed E-state index contributed by atoms with van der Waals surface area (Å²) >= 11 is 0. The Bertz CT molecular complexity index is 607. The standard InChI is InChI=1S/C16H22N2O3/c1-11-13-6-4-5-7-14(13)21-16(11)12(2)18-15(19)10-17-8-9-20-3/h4-7,12,17H,8-10H2,1-3H3,(H,18,19). The number of fused-ring (bicyclic) bond motifs is 1. The topological polar surface area (TPSA) is 63.5 Å². The summed E-state index contributed by atoms with van der Waals surface area (Å²) in [6, 6.07) is 7.73. The van der Waals surface area contributed by atoms with E-state index in [9.17, 15) is 4.79 Å². The molecule has 5 heteroatoms. The Kier molecular flexibility index (Phi) is 5.36. The number of carbonyl (C=O) groups excluding carboxylic acids is 1. The van der Waals surface area contributed by atoms with E-state index in [4.69, 9.17) is 9.15 Å². The number of nitrogens with one attached hydrogen (secondary N) is 2. The fourth-order valence-electron chi connectivity index (χ4n) is 2.34. The zero-order valence-electron chi connectivity index (χ0n) is 12.7. The molecule has 2 N–H and O–H groups in total. The second-order valence-electron chi connectivity index (χ2n) is 5.05. The number of amides is 1. The van der Waals surface area contributed by atoms with Crippen molar-refractivity contribution in [1.29, 1.82) is 0 Å². The minimum absolute atomic E-state index is 0.0570. The van der Waals surface area contributed by atoms with Gasteiger partial charge in [0.1, 0.15) is 11.3 Å². The average Bonchev–Trinajstić information content (AvgIpc) is 2.81. The summed E-state index contributed by atoms with van der Waals surface area (Å²) in [7, 11) is 1.63. The molecule has 0 aliphatic carbocycles. The molecular weight excluding hydrogens is 268 g/mol. The fraction of sp³-hybridized carbons (Fsp3) is 0.438. The lowest BCUT2D eigenvalue weighted by molar-refractivity contribution is -0.121. The molecule has 0 spiro atoms. The first kappa shape index (κ1) is 15.5. The van der Waals surface area contributed by atoms with Crippen molar-refractivity contribution >= 4 is 16.9 Å². The summed E-state index contributed by atoms with van der Waals surface area (Å²) in [6.45, 7) is 5.46. The van der Waals surface area contributed by atoms with Crippen LogP contribution in [0, 0.1) is 6.92 Å². The number of hydrogen-bond donors (Lipinski definition) is 2. The SMILES string of the molecule is COCCNCC(=O)NC(C)c1oc2ccccc2c1C. The van der Waals surface area contributed by atoms with Gasteiger partial charge in [0.05, 0.1) is 19.2 Å². The number of rotatable bonds is 7. The van der Waals surface area contributed by atoms with Crippen LogP contribution in [0.1, 0.15) is 24.3 Å². The molecule has 5 nitrogen and oxygen atoms in total. The van der Waals surface area contributed by atoms with Crippen LogP contribution in [0.25, 0.3) is 11.0 Å². The van der Waals surface area contributed by atoms with Gasteiger partial charge in [0, 0.05) is 24.6 Å². The molecule has 2 rings (SSSR count). The second kappa shape index (κ2) is 7.24. The van der Waals surface area contributed by atoms with Crippen molar-refractivity contribution in [2.24, 2.45) is 0 Å². The third kappa shape index (κ3) is 3.83. The van der Waals surface area contributed by atoms with Crippen LogP contribution in [0.3, 0.4) is 0 Å². The Balaban J connectivity index is 1.97. The highest BCUT2D eigenvalue weighted by Crippen LogP contribution is 2.28. The lowest BCUT2D eigenvalue weighted by atomic mass is 10.1. The van der Waals surface area contributed by atoms with E-state index in [1.54, 1.807) is 7.11 Å². The van der Waals surface area contributed by atoms with Gasteiger partial charge >= 0.3 is 0 Å². The molecule has 1 unspecified atom stereocenters. The minimum atomic E-state index is -0.158. The second-order valence-corrected chi connectivity index (χ2v) is 5.05. The van der Waals surface area contributed by atoms with Crippen molar-refractivity contribution in [1.82, 2.24) is 10.6 Å². The van der Waals surface area contributed by atoms with Crippen LogP contribution in [-0.4, -0.2) is 32.7 Å². The van der Waals surface area contributed by atoms with E-state index < -0.39 is 0 Å². The van der Waals surface area contributed by atoms with Gasteiger partial charge in [-0.25, -0.2) is 0 Å². The first-order chi connectivity index (χ1) is 10.1. The molecule has 2 aromatic rings. The van der Waals surface area contributed by atoms with Gasteiger partial charge in [0.15, 0.2) is 0 Å². The van der Waals surface area contributed by atoms with Crippen LogP contribution in [0.4, 0.5) is 0 Å². The largest absolute Gasteiger partial charge is 0.459 e. The highest BCUT2D eigenvalue weighted by molar-refractivity contribution is 5.83. The molecule has 114 valence electrons. The van der Waals surface area contributed by atoms with Crippen molar-refractivity contribution in [3.05, 3.63) is 35.6 Å². The Morgan fingerprint density at radius 2 is 2.14 bits per heavy atom. The molecule has 0 saturated heterocycles. The van der Waals surface area contributed by atoms with Gasteiger partial charge in [-0.15, -0.1) is 0 Å². The smallest absolute Gasteiger partial charge is 0.234 e. The first-order valence-corrected chi connectivity index (χ1v) is 7.10. The molecule has 1 amide bonds. The average molecular weight is 290 g/mol. The predicted octanol–water partition coefficient (Wildman–Crippen LogP) is 2.15. The number of para-hydroxylation sites is 1. The van der Waals surface area contributed by atoms with Gasteiger partial charge in [0.2, 0.25) is 5.91 Å². The Morgan fingerprint density at radius 1 is 1.38 bits per heavy atom. The van der Waals surface area contributed by atoms with E-state index in [2.05, 4.69) is 10.6 Å². The van der Waals surface area contributed by atoms with Crippen LogP contribution in [0.15, 0.2) is 28.7 Å². The third-order valence-corrected chi connectivity index (χ3v) is 3.42. The molecule has 0 aliphatic rings. The summed E-state index contributed by atoms with van der Waals surface area (Å²) in [5.74, 6) is 0.750. The molecule has 0 radical (unpaired) electrons. The molecule has 1 heterocycles. The molecule has 21 heavy (non-hydrogen) atoms. The summed E-state index contributed by atoms with van der Waals surface area (Å²) in [5, 5.41) is 7.04. The summed E-state index contributed by atoms with van der Waals surface area (Å²) in [5.41, 5.74) is 1.93. The summed E-state index contributed by atoms with van der Waals surface area (Å²) in [4.78, 5) is 11.9. The quantitative estimate of drug-likeness (QED) is 0.767. The Hall–Kier alpha value is -1.85. The fourth-order valence-corrected chi connectivity index (χ4v) is 2.34. The number of furan rings is 1. The van der Waals surface area contributed by atoms with Crippen LogP contribution < -0.4 is 10.6 Å². The predicted molar refractivity (Wildman–Crippen MR) is 82.3 cm³/mol. The van der Waals surface area contributed by atoms with E-state index in [0.29, 0.717) is 13.2 Å². The van der Waals surface area contributed by atoms with Crippen LogP contribution in [0.2, 0.25) is 0 Å². The van der Waals surface area contributed by atoms with Gasteiger partial charge in [0.25, 0.3) is 0 Å². The van der Waals surface area contributed by atoms with E-state index in [-0.39, 0.29) is 18.5 Å². The number of methoxy groups -OCH3 is 1. The molecule has 0 bridgehead atoms. The monoisotopic (exact) mass is 290 g/mol. The highest BCUT2D eigenvalue weighted by atomic mass is 16.5. The first-order valence-electron chi connectivity index (χ1n) is 7.10. The number of aryl methyl sites for hydroxylation is 1. The number of hydrogen-bond acceptors (Lipinski definition) is 4. The maximum atomic E-state index is 11.9. The zero-order valence-corrected chi connectivity index (χ0v) is 12.7. The minimum Gasteiger partial charge on any atom is -0.459 e. The van der Waals surface area contributed by atoms with Crippen molar-refractivity contribution < 1.29 is 13.9 Å². The van der Waals surface area contributed by atoms with Gasteiger partial charge in [-0.3, -0.25) is 4.79 Å². The summed E-state index contributed by atoms with van der Waals surface area (Å²) < 4.78 is 10.8. The number of ether oxygens (including phenoxy) is 1. The maximum absolute atomic E-state index is 11.9. The van der Waals surface area contributed by atoms with Gasteiger partial charge < -0.3 is 19.8 Å².